The van der Waals surface area contributed by atoms with Gasteiger partial charge in [0.05, 0.1) is 14.2 Å². The van der Waals surface area contributed by atoms with Crippen LogP contribution in [-0.4, -0.2) is 39.0 Å². The molecule has 0 atom stereocenters. The molecule has 0 saturated heterocycles. The van der Waals surface area contributed by atoms with E-state index < -0.39 is 11.3 Å². The van der Waals surface area contributed by atoms with Gasteiger partial charge in [-0.25, -0.2) is 9.59 Å². The predicted molar refractivity (Wildman–Crippen MR) is 229 cm³/mol. The molecule has 15 heteroatoms. The molecule has 284 valence electrons. The zero-order chi connectivity index (χ0) is 40.4. The van der Waals surface area contributed by atoms with E-state index in [0.29, 0.717) is 28.0 Å². The molecule has 0 spiro atoms. The Balaban J connectivity index is 0.000000220. The first-order chi connectivity index (χ1) is 26.1. The first-order valence-corrected chi connectivity index (χ1v) is 18.8. The fourth-order valence-corrected chi connectivity index (χ4v) is 6.30. The second-order valence-electron chi connectivity index (χ2n) is 11.6. The highest BCUT2D eigenvalue weighted by atomic mass is 79.9. The highest BCUT2D eigenvalue weighted by Gasteiger charge is 2.21. The summed E-state index contributed by atoms with van der Waals surface area (Å²) in [5, 5.41) is 10.3. The summed E-state index contributed by atoms with van der Waals surface area (Å²) < 4.78 is 27.3. The van der Waals surface area contributed by atoms with E-state index in [0.717, 1.165) is 31.2 Å². The van der Waals surface area contributed by atoms with Gasteiger partial charge in [0.25, 0.3) is 4.51 Å². The fourth-order valence-electron chi connectivity index (χ4n) is 4.90. The van der Waals surface area contributed by atoms with Crippen LogP contribution in [0.1, 0.15) is 22.3 Å². The largest absolute Gasteiger partial charge is 0.507 e. The molecule has 55 heavy (non-hydrogen) atoms. The maximum absolute atomic E-state index is 12.9. The number of hydrogen-bond donors (Lipinski definition) is 1. The first-order valence-electron chi connectivity index (χ1n) is 16.0. The fraction of sp³-hybridized carbons (Fsp3) is 0.150. The van der Waals surface area contributed by atoms with E-state index in [4.69, 9.17) is 42.1 Å². The number of ether oxygens (including phenoxy) is 3. The topological polar surface area (TPSA) is 134 Å². The zero-order valence-corrected chi connectivity index (χ0v) is 35.8. The molecule has 0 aliphatic carbocycles. The number of pyridine rings is 2. The molecular weight excluding hydrogens is 896 g/mol. The number of thiocarbonyl (C=S) groups is 2. The highest BCUT2D eigenvalue weighted by Crippen LogP contribution is 2.38. The summed E-state index contributed by atoms with van der Waals surface area (Å²) >= 11 is 21.2. The number of benzene rings is 2. The summed E-state index contributed by atoms with van der Waals surface area (Å²) in [6.45, 7) is 7.90. The van der Waals surface area contributed by atoms with Gasteiger partial charge in [0.15, 0.2) is 5.75 Å². The van der Waals surface area contributed by atoms with Gasteiger partial charge in [-0.15, -0.1) is 0 Å². The van der Waals surface area contributed by atoms with Crippen LogP contribution in [0.15, 0.2) is 113 Å². The number of aromatic nitrogens is 2. The molecule has 1 N–H and O–H groups in total. The number of hydrogen-bond acceptors (Lipinski definition) is 12. The Hall–Kier alpha value is -4.73. The average Bonchev–Trinajstić information content (AvgIpc) is 3.16. The van der Waals surface area contributed by atoms with Crippen LogP contribution in [0.5, 0.6) is 11.5 Å². The van der Waals surface area contributed by atoms with Crippen molar-refractivity contribution in [1.29, 1.82) is 0 Å². The lowest BCUT2D eigenvalue weighted by molar-refractivity contribution is 0.314. The predicted octanol–water partition coefficient (Wildman–Crippen LogP) is 10.7. The first kappa shape index (κ1) is 43.0. The minimum atomic E-state index is -0.590. The Morgan fingerprint density at radius 2 is 1.15 bits per heavy atom. The zero-order valence-electron chi connectivity index (χ0n) is 30.2. The molecule has 0 radical (unpaired) electrons. The second-order valence-corrected chi connectivity index (χ2v) is 14.6. The van der Waals surface area contributed by atoms with Gasteiger partial charge in [0, 0.05) is 80.3 Å². The molecule has 0 aliphatic heterocycles. The van der Waals surface area contributed by atoms with Crippen LogP contribution in [0.3, 0.4) is 0 Å². The molecule has 0 unspecified atom stereocenters. The van der Waals surface area contributed by atoms with Crippen LogP contribution in [0.4, 0.5) is 0 Å². The molecule has 0 amide bonds. The summed E-state index contributed by atoms with van der Waals surface area (Å²) in [5.74, 6) is 0.736. The Bertz CT molecular complexity index is 2460. The number of aromatic hydroxyl groups is 1. The lowest BCUT2D eigenvalue weighted by Gasteiger charge is -2.14. The summed E-state index contributed by atoms with van der Waals surface area (Å²) in [7, 11) is 2.83. The van der Waals surface area contributed by atoms with Gasteiger partial charge in [0.2, 0.25) is 0 Å². The number of rotatable bonds is 5. The minimum absolute atomic E-state index is 0.0602. The summed E-state index contributed by atoms with van der Waals surface area (Å²) in [6.07, 6.45) is 6.44. The van der Waals surface area contributed by atoms with Gasteiger partial charge in [-0.3, -0.25) is 9.97 Å². The molecule has 4 aromatic heterocycles. The van der Waals surface area contributed by atoms with E-state index in [1.165, 1.54) is 20.3 Å². The van der Waals surface area contributed by atoms with Gasteiger partial charge in [-0.05, 0) is 122 Å². The smallest absolute Gasteiger partial charge is 0.357 e. The monoisotopic (exact) mass is 926 g/mol. The second kappa shape index (κ2) is 19.7. The summed E-state index contributed by atoms with van der Waals surface area (Å²) in [5.41, 5.74) is 6.05. The quantitative estimate of drug-likeness (QED) is 0.130. The number of aryl methyl sites for hydroxylation is 4. The molecule has 0 saturated carbocycles. The molecule has 6 aromatic rings. The molecule has 10 nitrogen and oxygen atoms in total. The number of nitrogens with zero attached hydrogens (tertiary/aromatic N) is 2. The number of methoxy groups -OCH3 is 2. The van der Waals surface area contributed by atoms with Crippen molar-refractivity contribution in [3.8, 4) is 56.4 Å². The van der Waals surface area contributed by atoms with Crippen LogP contribution in [0.2, 0.25) is 0 Å². The Labute approximate surface area is 349 Å². The third kappa shape index (κ3) is 11.2. The maximum atomic E-state index is 12.9. The molecule has 0 bridgehead atoms. The third-order valence-corrected chi connectivity index (χ3v) is 9.85. The van der Waals surface area contributed by atoms with Crippen molar-refractivity contribution in [3.05, 3.63) is 137 Å². The van der Waals surface area contributed by atoms with Crippen LogP contribution in [0, 0.1) is 27.7 Å². The van der Waals surface area contributed by atoms with Crippen molar-refractivity contribution in [2.45, 2.75) is 27.7 Å². The van der Waals surface area contributed by atoms with Crippen LogP contribution < -0.4 is 16.0 Å². The van der Waals surface area contributed by atoms with Crippen molar-refractivity contribution >= 4 is 77.6 Å². The van der Waals surface area contributed by atoms with Gasteiger partial charge >= 0.3 is 16.5 Å². The van der Waals surface area contributed by atoms with Crippen LogP contribution in [-0.2, 0) is 9.47 Å². The molecule has 6 rings (SSSR count). The SMILES string of the molecule is COC(=S)Cl.COC(=S)Oc1cc(-c2cccnc2)oc(=O)c1-c1cc(C)c(C)cc1Br.Cc1cc(Br)c(-c2c(O)cc(-c3cccnc3)oc2=O)cc1C. The van der Waals surface area contributed by atoms with Crippen LogP contribution in [0.25, 0.3) is 44.9 Å². The van der Waals surface area contributed by atoms with E-state index in [-0.39, 0.29) is 38.1 Å². The highest BCUT2D eigenvalue weighted by molar-refractivity contribution is 9.11. The van der Waals surface area contributed by atoms with Crippen molar-refractivity contribution in [2.75, 3.05) is 14.2 Å². The Kier molecular flexibility index (Phi) is 15.4. The van der Waals surface area contributed by atoms with E-state index in [1.54, 1.807) is 55.1 Å². The normalized spacial score (nSPS) is 10.3. The van der Waals surface area contributed by atoms with Crippen LogP contribution >= 0.6 is 67.9 Å². The Morgan fingerprint density at radius 1 is 0.709 bits per heavy atom. The maximum Gasteiger partial charge on any atom is 0.357 e. The van der Waals surface area contributed by atoms with Gasteiger partial charge in [0.1, 0.15) is 28.4 Å². The molecule has 0 aliphatic rings. The van der Waals surface area contributed by atoms with E-state index in [2.05, 4.69) is 58.8 Å². The van der Waals surface area contributed by atoms with E-state index in [9.17, 15) is 14.7 Å². The van der Waals surface area contributed by atoms with E-state index >= 15 is 0 Å². The summed E-state index contributed by atoms with van der Waals surface area (Å²) in [6, 6.07) is 17.7. The molecule has 4 heterocycles. The van der Waals surface area contributed by atoms with Gasteiger partial charge in [-0.1, -0.05) is 31.9 Å². The molecule has 0 fully saturated rings. The van der Waals surface area contributed by atoms with Gasteiger partial charge < -0.3 is 28.2 Å². The van der Waals surface area contributed by atoms with Crippen molar-refractivity contribution in [3.63, 3.8) is 0 Å². The molecule has 2 aromatic carbocycles. The van der Waals surface area contributed by atoms with Crippen molar-refractivity contribution in [2.24, 2.45) is 0 Å². The Morgan fingerprint density at radius 3 is 1.56 bits per heavy atom. The standard InChI is InChI=1S/C20H16BrNO4S.C18H14BrNO3.C2H3ClOS/c1-11-7-14(15(21)8-12(11)2)18-17(26-20(27)24-3)9-16(25-19(18)23)13-5-4-6-22-10-13;1-10-6-13(14(19)7-11(10)2)17-15(21)8-16(23-18(17)22)12-4-3-5-20-9-12;1-4-2(3)5/h4-10H,1-3H3;3-9,21H,1-2H3;1H3. The average molecular weight is 929 g/mol. The summed E-state index contributed by atoms with van der Waals surface area (Å²) in [4.78, 5) is 33.3. The number of halogens is 3. The third-order valence-electron chi connectivity index (χ3n) is 7.96. The lowest BCUT2D eigenvalue weighted by atomic mass is 10.0. The van der Waals surface area contributed by atoms with Gasteiger partial charge in [-0.2, -0.15) is 0 Å². The van der Waals surface area contributed by atoms with Crippen molar-refractivity contribution < 1.29 is 28.2 Å². The lowest BCUT2D eigenvalue weighted by Crippen LogP contribution is -2.13. The molecular formula is C40H33Br2ClN2O8S2. The van der Waals surface area contributed by atoms with Crippen molar-refractivity contribution in [1.82, 2.24) is 9.97 Å². The van der Waals surface area contributed by atoms with E-state index in [1.807, 2.05) is 52.0 Å². The minimum Gasteiger partial charge on any atom is -0.507 e.